The summed E-state index contributed by atoms with van der Waals surface area (Å²) in [6.45, 7) is 17.6. The molecule has 0 rings (SSSR count). The van der Waals surface area contributed by atoms with E-state index in [1.165, 1.54) is 0 Å². The largest absolute Gasteiger partial charge is 0.437 e. The Morgan fingerprint density at radius 3 is 0.929 bits per heavy atom. The van der Waals surface area contributed by atoms with E-state index in [0.29, 0.717) is 0 Å². The minimum absolute atomic E-state index is 0. The summed E-state index contributed by atoms with van der Waals surface area (Å²) in [6, 6.07) is 0. The van der Waals surface area contributed by atoms with E-state index in [-0.39, 0.29) is 11.0 Å². The Labute approximate surface area is 96.9 Å². The highest BCUT2D eigenvalue weighted by Gasteiger charge is 2.35. The molecule has 0 aromatic carbocycles. The predicted octanol–water partition coefficient (Wildman–Crippen LogP) is 3.01. The van der Waals surface area contributed by atoms with E-state index in [2.05, 4.69) is 52.4 Å². The molecular formula is C8H24O2Si4. The third-order valence-corrected chi connectivity index (χ3v) is 9.94. The second-order valence-electron chi connectivity index (χ2n) is 5.83. The zero-order chi connectivity index (χ0) is 10.9. The van der Waals surface area contributed by atoms with Gasteiger partial charge in [0.2, 0.25) is 0 Å². The van der Waals surface area contributed by atoms with Crippen LogP contribution in [0, 0.1) is 0 Å². The fourth-order valence-electron chi connectivity index (χ4n) is 1.50. The van der Waals surface area contributed by atoms with Crippen molar-refractivity contribution in [3.8, 4) is 0 Å². The second kappa shape index (κ2) is 5.22. The lowest BCUT2D eigenvalue weighted by atomic mass is 11.8. The van der Waals surface area contributed by atoms with Gasteiger partial charge in [0, 0.05) is 11.0 Å². The molecule has 0 N–H and O–H groups in total. The summed E-state index contributed by atoms with van der Waals surface area (Å²) in [5.74, 6) is 0. The molecule has 0 heterocycles. The van der Waals surface area contributed by atoms with Crippen molar-refractivity contribution in [3.05, 3.63) is 0 Å². The van der Waals surface area contributed by atoms with Crippen molar-refractivity contribution in [2.45, 2.75) is 52.4 Å². The molecule has 0 atom stereocenters. The molecule has 0 spiro atoms. The predicted molar refractivity (Wildman–Crippen MR) is 72.1 cm³/mol. The Kier molecular flexibility index (Phi) is 6.41. The van der Waals surface area contributed by atoms with Gasteiger partial charge >= 0.3 is 8.56 Å². The fraction of sp³-hybridized carbons (Fsp3) is 1.00. The summed E-state index contributed by atoms with van der Waals surface area (Å²) in [6.07, 6.45) is 0. The maximum atomic E-state index is 6.09. The van der Waals surface area contributed by atoms with Gasteiger partial charge in [0.05, 0.1) is 0 Å². The highest BCUT2D eigenvalue weighted by atomic mass is 28.5. The summed E-state index contributed by atoms with van der Waals surface area (Å²) in [5.41, 5.74) is 0. The van der Waals surface area contributed by atoms with Gasteiger partial charge in [0.1, 0.15) is 0 Å². The van der Waals surface area contributed by atoms with E-state index in [9.17, 15) is 0 Å². The first kappa shape index (κ1) is 17.2. The van der Waals surface area contributed by atoms with Crippen LogP contribution in [0.3, 0.4) is 0 Å². The van der Waals surface area contributed by atoms with Gasteiger partial charge in [-0.05, 0) is 52.4 Å². The molecule has 14 heavy (non-hydrogen) atoms. The summed E-state index contributed by atoms with van der Waals surface area (Å²) in [4.78, 5) is 0. The Morgan fingerprint density at radius 1 is 0.571 bits per heavy atom. The van der Waals surface area contributed by atoms with E-state index in [0.717, 1.165) is 0 Å². The van der Waals surface area contributed by atoms with Crippen molar-refractivity contribution in [3.63, 3.8) is 0 Å². The van der Waals surface area contributed by atoms with E-state index in [4.69, 9.17) is 8.23 Å². The molecule has 0 aliphatic heterocycles. The van der Waals surface area contributed by atoms with Crippen LogP contribution in [0.2, 0.25) is 52.4 Å². The van der Waals surface area contributed by atoms with Crippen LogP contribution >= 0.6 is 0 Å². The van der Waals surface area contributed by atoms with Crippen LogP contribution < -0.4 is 0 Å². The van der Waals surface area contributed by atoms with Crippen molar-refractivity contribution in [2.24, 2.45) is 0 Å². The normalized spacial score (nSPS) is 13.7. The minimum atomic E-state index is -1.85. The second-order valence-corrected chi connectivity index (χ2v) is 18.7. The molecule has 4 radical (unpaired) electrons. The van der Waals surface area contributed by atoms with Crippen LogP contribution in [0.25, 0.3) is 0 Å². The van der Waals surface area contributed by atoms with E-state index < -0.39 is 25.2 Å². The number of rotatable bonds is 4. The average Bonchev–Trinajstić information content (AvgIpc) is 1.43. The third-order valence-electron chi connectivity index (χ3n) is 1.10. The molecule has 0 aromatic rings. The minimum Gasteiger partial charge on any atom is -0.437 e. The topological polar surface area (TPSA) is 18.5 Å². The van der Waals surface area contributed by atoms with Crippen molar-refractivity contribution in [1.82, 2.24) is 0 Å². The van der Waals surface area contributed by atoms with Crippen LogP contribution in [0.4, 0.5) is 0 Å². The molecule has 0 aliphatic carbocycles. The van der Waals surface area contributed by atoms with Gasteiger partial charge in [-0.2, -0.15) is 0 Å². The van der Waals surface area contributed by atoms with Crippen LogP contribution in [-0.2, 0) is 8.23 Å². The van der Waals surface area contributed by atoms with Crippen LogP contribution in [0.5, 0.6) is 0 Å². The van der Waals surface area contributed by atoms with Gasteiger partial charge in [-0.25, -0.2) is 0 Å². The standard InChI is InChI=1S/C8H24O2Si3.Si/c1-11(2,3)9-13(7,8)10-12(4,5)6;/h1-8H3;. The van der Waals surface area contributed by atoms with Crippen LogP contribution in [0.15, 0.2) is 0 Å². The quantitative estimate of drug-likeness (QED) is 0.727. The van der Waals surface area contributed by atoms with Crippen LogP contribution in [0.1, 0.15) is 0 Å². The lowest BCUT2D eigenvalue weighted by Gasteiger charge is -2.35. The van der Waals surface area contributed by atoms with Gasteiger partial charge in [0.25, 0.3) is 0 Å². The first-order valence-electron chi connectivity index (χ1n) is 4.82. The molecular weight excluding hydrogens is 240 g/mol. The zero-order valence-corrected chi connectivity index (χ0v) is 14.8. The number of hydrogen-bond donors (Lipinski definition) is 0. The summed E-state index contributed by atoms with van der Waals surface area (Å²) >= 11 is 0. The maximum Gasteiger partial charge on any atom is 0.311 e. The third kappa shape index (κ3) is 10.9. The highest BCUT2D eigenvalue weighted by molar-refractivity contribution is 6.87. The fourth-order valence-corrected chi connectivity index (χ4v) is 13.8. The molecule has 2 nitrogen and oxygen atoms in total. The van der Waals surface area contributed by atoms with Crippen molar-refractivity contribution in [1.29, 1.82) is 0 Å². The summed E-state index contributed by atoms with van der Waals surface area (Å²) < 4.78 is 12.2. The van der Waals surface area contributed by atoms with Gasteiger partial charge < -0.3 is 8.23 Å². The van der Waals surface area contributed by atoms with E-state index in [1.54, 1.807) is 0 Å². The molecule has 84 valence electrons. The Morgan fingerprint density at radius 2 is 0.786 bits per heavy atom. The molecule has 0 fully saturated rings. The van der Waals surface area contributed by atoms with Crippen molar-refractivity contribution >= 4 is 36.2 Å². The molecule has 0 saturated carbocycles. The molecule has 0 bridgehead atoms. The molecule has 0 aromatic heterocycles. The average molecular weight is 265 g/mol. The first-order chi connectivity index (χ1) is 5.41. The summed E-state index contributed by atoms with van der Waals surface area (Å²) in [7, 11) is -4.72. The molecule has 0 amide bonds. The van der Waals surface area contributed by atoms with Gasteiger partial charge in [-0.15, -0.1) is 0 Å². The van der Waals surface area contributed by atoms with Gasteiger partial charge in [-0.3, -0.25) is 0 Å². The number of hydrogen-bond acceptors (Lipinski definition) is 2. The van der Waals surface area contributed by atoms with E-state index in [1.807, 2.05) is 0 Å². The SMILES string of the molecule is C[Si](C)(C)O[Si](C)(C)O[Si](C)(C)C.[Si]. The van der Waals surface area contributed by atoms with E-state index >= 15 is 0 Å². The Balaban J connectivity index is 0. The Bertz CT molecular complexity index is 151. The highest BCUT2D eigenvalue weighted by Crippen LogP contribution is 2.19. The lowest BCUT2D eigenvalue weighted by Crippen LogP contribution is -2.50. The van der Waals surface area contributed by atoms with Gasteiger partial charge in [-0.1, -0.05) is 0 Å². The molecule has 0 aliphatic rings. The van der Waals surface area contributed by atoms with Gasteiger partial charge in [0.15, 0.2) is 16.6 Å². The zero-order valence-electron chi connectivity index (χ0n) is 10.8. The van der Waals surface area contributed by atoms with Crippen molar-refractivity contribution in [2.75, 3.05) is 0 Å². The lowest BCUT2D eigenvalue weighted by molar-refractivity contribution is 0.395. The molecule has 0 saturated heterocycles. The Hall–Kier alpha value is 0.788. The first-order valence-corrected chi connectivity index (χ1v) is 14.4. The maximum absolute atomic E-state index is 6.09. The smallest absolute Gasteiger partial charge is 0.311 e. The summed E-state index contributed by atoms with van der Waals surface area (Å²) in [5, 5.41) is 0. The monoisotopic (exact) mass is 264 g/mol. The van der Waals surface area contributed by atoms with Crippen molar-refractivity contribution < 1.29 is 8.23 Å². The van der Waals surface area contributed by atoms with Crippen LogP contribution in [-0.4, -0.2) is 36.2 Å². The molecule has 0 unspecified atom stereocenters. The molecule has 6 heteroatoms.